The topological polar surface area (TPSA) is 37.3 Å². The molecule has 1 aromatic carbocycles. The quantitative estimate of drug-likeness (QED) is 0.691. The van der Waals surface area contributed by atoms with E-state index in [0.29, 0.717) is 0 Å². The molecule has 0 fully saturated rings. The highest BCUT2D eigenvalue weighted by molar-refractivity contribution is 9.10. The number of benzene rings is 1. The van der Waals surface area contributed by atoms with Gasteiger partial charge in [0.05, 0.1) is 5.71 Å². The molecular formula is C13H12BrN3. The monoisotopic (exact) mass is 289 g/mol. The van der Waals surface area contributed by atoms with E-state index in [0.717, 1.165) is 21.6 Å². The lowest BCUT2D eigenvalue weighted by molar-refractivity contribution is 1.22. The van der Waals surface area contributed by atoms with Crippen LogP contribution in [0.2, 0.25) is 0 Å². The van der Waals surface area contributed by atoms with Gasteiger partial charge in [0.25, 0.3) is 0 Å². The maximum Gasteiger partial charge on any atom is 0.146 e. The molecule has 0 aliphatic carbocycles. The number of hydrogen-bond acceptors (Lipinski definition) is 3. The molecule has 1 N–H and O–H groups in total. The molecule has 0 spiro atoms. The summed E-state index contributed by atoms with van der Waals surface area (Å²) in [6.07, 6.45) is 1.73. The summed E-state index contributed by atoms with van der Waals surface area (Å²) in [5.41, 5.74) is 4.91. The van der Waals surface area contributed by atoms with Gasteiger partial charge in [-0.3, -0.25) is 5.43 Å². The van der Waals surface area contributed by atoms with Crippen LogP contribution in [0.5, 0.6) is 0 Å². The Hall–Kier alpha value is -1.68. The molecule has 0 bridgehead atoms. The Balaban J connectivity index is 2.12. The largest absolute Gasteiger partial charge is 0.261 e. The molecular weight excluding hydrogens is 278 g/mol. The van der Waals surface area contributed by atoms with Crippen molar-refractivity contribution in [3.63, 3.8) is 0 Å². The van der Waals surface area contributed by atoms with Gasteiger partial charge < -0.3 is 0 Å². The lowest BCUT2D eigenvalue weighted by atomic mass is 10.1. The van der Waals surface area contributed by atoms with E-state index >= 15 is 0 Å². The summed E-state index contributed by atoms with van der Waals surface area (Å²) in [7, 11) is 0. The molecule has 4 heteroatoms. The Morgan fingerprint density at radius 2 is 2.12 bits per heavy atom. The fourth-order valence-corrected chi connectivity index (χ4v) is 1.75. The van der Waals surface area contributed by atoms with E-state index in [2.05, 4.69) is 31.4 Å². The van der Waals surface area contributed by atoms with Crippen LogP contribution in [0, 0.1) is 0 Å². The number of nitrogens with zero attached hydrogens (tertiary/aromatic N) is 2. The molecule has 0 saturated heterocycles. The highest BCUT2D eigenvalue weighted by atomic mass is 79.9. The number of pyridine rings is 1. The molecule has 0 aliphatic rings. The summed E-state index contributed by atoms with van der Waals surface area (Å²) in [5, 5.41) is 4.29. The summed E-state index contributed by atoms with van der Waals surface area (Å²) in [5.74, 6) is 0.738. The number of aromatic nitrogens is 1. The van der Waals surface area contributed by atoms with Gasteiger partial charge in [-0.05, 0) is 36.8 Å². The third kappa shape index (κ3) is 3.39. The third-order valence-corrected chi connectivity index (χ3v) is 2.74. The third-order valence-electron chi connectivity index (χ3n) is 2.25. The Labute approximate surface area is 109 Å². The van der Waals surface area contributed by atoms with Crippen LogP contribution in [-0.4, -0.2) is 10.7 Å². The second-order valence-corrected chi connectivity index (χ2v) is 4.45. The second-order valence-electron chi connectivity index (χ2n) is 3.53. The number of hydrogen-bond donors (Lipinski definition) is 1. The number of halogens is 1. The fourth-order valence-electron chi connectivity index (χ4n) is 1.35. The molecule has 0 amide bonds. The smallest absolute Gasteiger partial charge is 0.146 e. The Morgan fingerprint density at radius 1 is 1.24 bits per heavy atom. The average Bonchev–Trinajstić information content (AvgIpc) is 2.37. The molecule has 0 saturated carbocycles. The predicted molar refractivity (Wildman–Crippen MR) is 74.2 cm³/mol. The molecule has 1 heterocycles. The van der Waals surface area contributed by atoms with Crippen molar-refractivity contribution in [2.45, 2.75) is 6.92 Å². The van der Waals surface area contributed by atoms with Crippen molar-refractivity contribution in [2.24, 2.45) is 5.10 Å². The van der Waals surface area contributed by atoms with Gasteiger partial charge in [0.15, 0.2) is 0 Å². The standard InChI is InChI=1S/C13H12BrN3/c1-10(11-5-4-6-12(14)9-11)16-17-13-7-2-3-8-15-13/h2-9H,1H3,(H,15,17)/b16-10-. The van der Waals surface area contributed by atoms with Gasteiger partial charge in [-0.15, -0.1) is 0 Å². The Morgan fingerprint density at radius 3 is 2.82 bits per heavy atom. The van der Waals surface area contributed by atoms with Crippen LogP contribution in [0.25, 0.3) is 0 Å². The first-order valence-corrected chi connectivity index (χ1v) is 6.02. The highest BCUT2D eigenvalue weighted by Gasteiger charge is 1.98. The van der Waals surface area contributed by atoms with Crippen LogP contribution in [0.15, 0.2) is 58.2 Å². The van der Waals surface area contributed by atoms with E-state index in [1.165, 1.54) is 0 Å². The molecule has 1 aromatic heterocycles. The summed E-state index contributed by atoms with van der Waals surface area (Å²) in [6, 6.07) is 13.7. The van der Waals surface area contributed by atoms with Crippen molar-refractivity contribution < 1.29 is 0 Å². The molecule has 17 heavy (non-hydrogen) atoms. The molecule has 2 aromatic rings. The zero-order valence-corrected chi connectivity index (χ0v) is 11.0. The number of nitrogens with one attached hydrogen (secondary N) is 1. The van der Waals surface area contributed by atoms with Gasteiger partial charge in [-0.25, -0.2) is 4.98 Å². The van der Waals surface area contributed by atoms with Gasteiger partial charge in [-0.2, -0.15) is 5.10 Å². The van der Waals surface area contributed by atoms with E-state index in [4.69, 9.17) is 0 Å². The molecule has 0 aliphatic heterocycles. The first-order valence-electron chi connectivity index (χ1n) is 5.23. The van der Waals surface area contributed by atoms with Gasteiger partial charge >= 0.3 is 0 Å². The van der Waals surface area contributed by atoms with Crippen molar-refractivity contribution in [3.8, 4) is 0 Å². The van der Waals surface area contributed by atoms with Gasteiger partial charge in [0, 0.05) is 10.7 Å². The second kappa shape index (κ2) is 5.59. The maximum atomic E-state index is 4.29. The number of anilines is 1. The molecule has 86 valence electrons. The van der Waals surface area contributed by atoms with Crippen molar-refractivity contribution in [2.75, 3.05) is 5.43 Å². The molecule has 3 nitrogen and oxygen atoms in total. The van der Waals surface area contributed by atoms with Crippen molar-refractivity contribution in [1.29, 1.82) is 0 Å². The van der Waals surface area contributed by atoms with Crippen LogP contribution >= 0.6 is 15.9 Å². The van der Waals surface area contributed by atoms with Crippen LogP contribution in [-0.2, 0) is 0 Å². The van der Waals surface area contributed by atoms with Gasteiger partial charge in [-0.1, -0.05) is 34.1 Å². The lowest BCUT2D eigenvalue weighted by Gasteiger charge is -2.03. The molecule has 0 unspecified atom stereocenters. The molecule has 0 radical (unpaired) electrons. The summed E-state index contributed by atoms with van der Waals surface area (Å²) < 4.78 is 1.04. The molecule has 2 rings (SSSR count). The maximum absolute atomic E-state index is 4.29. The SMILES string of the molecule is C/C(=N/Nc1ccccn1)c1cccc(Br)c1. The summed E-state index contributed by atoms with van der Waals surface area (Å²) in [4.78, 5) is 4.13. The van der Waals surface area contributed by atoms with E-state index in [9.17, 15) is 0 Å². The number of rotatable bonds is 3. The predicted octanol–water partition coefficient (Wildman–Crippen LogP) is 3.68. The van der Waals surface area contributed by atoms with E-state index in [-0.39, 0.29) is 0 Å². The van der Waals surface area contributed by atoms with Crippen molar-refractivity contribution >= 4 is 27.5 Å². The van der Waals surface area contributed by atoms with E-state index < -0.39 is 0 Å². The highest BCUT2D eigenvalue weighted by Crippen LogP contribution is 2.12. The minimum Gasteiger partial charge on any atom is -0.261 e. The van der Waals surface area contributed by atoms with Crippen molar-refractivity contribution in [1.82, 2.24) is 4.98 Å². The minimum atomic E-state index is 0.738. The summed E-state index contributed by atoms with van der Waals surface area (Å²) >= 11 is 3.44. The first kappa shape index (κ1) is 11.8. The summed E-state index contributed by atoms with van der Waals surface area (Å²) in [6.45, 7) is 1.96. The van der Waals surface area contributed by atoms with Crippen LogP contribution in [0.3, 0.4) is 0 Å². The zero-order chi connectivity index (χ0) is 12.1. The minimum absolute atomic E-state index is 0.738. The van der Waals surface area contributed by atoms with E-state index in [1.54, 1.807) is 6.20 Å². The normalized spacial score (nSPS) is 11.3. The Bertz CT molecular complexity index is 523. The Kier molecular flexibility index (Phi) is 3.88. The fraction of sp³-hybridized carbons (Fsp3) is 0.0769. The van der Waals surface area contributed by atoms with Crippen molar-refractivity contribution in [3.05, 3.63) is 58.7 Å². The first-order chi connectivity index (χ1) is 8.25. The van der Waals surface area contributed by atoms with Crippen LogP contribution < -0.4 is 5.43 Å². The van der Waals surface area contributed by atoms with Gasteiger partial charge in [0.1, 0.15) is 5.82 Å². The molecule has 0 atom stereocenters. The number of hydrazone groups is 1. The van der Waals surface area contributed by atoms with Crippen LogP contribution in [0.1, 0.15) is 12.5 Å². The lowest BCUT2D eigenvalue weighted by Crippen LogP contribution is -2.00. The van der Waals surface area contributed by atoms with Crippen LogP contribution in [0.4, 0.5) is 5.82 Å². The average molecular weight is 290 g/mol. The zero-order valence-electron chi connectivity index (χ0n) is 9.39. The van der Waals surface area contributed by atoms with E-state index in [1.807, 2.05) is 49.4 Å². The van der Waals surface area contributed by atoms with Gasteiger partial charge in [0.2, 0.25) is 0 Å².